The lowest BCUT2D eigenvalue weighted by Gasteiger charge is -2.07. The Morgan fingerprint density at radius 2 is 1.71 bits per heavy atom. The summed E-state index contributed by atoms with van der Waals surface area (Å²) in [6.45, 7) is 0. The zero-order chi connectivity index (χ0) is 12.3. The predicted octanol–water partition coefficient (Wildman–Crippen LogP) is 4.23. The van der Waals surface area contributed by atoms with E-state index in [1.165, 1.54) is 6.07 Å². The molecule has 0 bridgehead atoms. The van der Waals surface area contributed by atoms with Gasteiger partial charge in [0.1, 0.15) is 11.6 Å². The summed E-state index contributed by atoms with van der Waals surface area (Å²) < 4.78 is 18.0. The second-order valence-corrected chi connectivity index (χ2v) is 3.89. The third kappa shape index (κ3) is 2.88. The van der Waals surface area contributed by atoms with Gasteiger partial charge in [0.15, 0.2) is 0 Å². The van der Waals surface area contributed by atoms with Crippen molar-refractivity contribution in [3.05, 3.63) is 53.3 Å². The van der Waals surface area contributed by atoms with Crippen molar-refractivity contribution in [1.82, 2.24) is 0 Å². The van der Waals surface area contributed by atoms with Gasteiger partial charge in [0.2, 0.25) is 0 Å². The summed E-state index contributed by atoms with van der Waals surface area (Å²) >= 11 is 5.69. The van der Waals surface area contributed by atoms with Crippen LogP contribution in [0.15, 0.2) is 42.5 Å². The van der Waals surface area contributed by atoms with Crippen LogP contribution in [0.5, 0.6) is 5.75 Å². The second-order valence-electron chi connectivity index (χ2n) is 3.48. The molecule has 2 rings (SSSR count). The number of ether oxygens (including phenoxy) is 1. The van der Waals surface area contributed by atoms with Gasteiger partial charge in [0, 0.05) is 11.4 Å². The monoisotopic (exact) mass is 251 g/mol. The van der Waals surface area contributed by atoms with Crippen LogP contribution >= 0.6 is 11.6 Å². The van der Waals surface area contributed by atoms with Crippen molar-refractivity contribution in [3.63, 3.8) is 0 Å². The Labute approximate surface area is 104 Å². The second kappa shape index (κ2) is 5.06. The molecule has 88 valence electrons. The first-order valence-electron chi connectivity index (χ1n) is 5.05. The van der Waals surface area contributed by atoms with Crippen molar-refractivity contribution in [3.8, 4) is 5.75 Å². The summed E-state index contributed by atoms with van der Waals surface area (Å²) in [6.07, 6.45) is 0. The van der Waals surface area contributed by atoms with Crippen LogP contribution in [0.4, 0.5) is 15.8 Å². The Morgan fingerprint density at radius 3 is 2.29 bits per heavy atom. The summed E-state index contributed by atoms with van der Waals surface area (Å²) in [7, 11) is 1.61. The van der Waals surface area contributed by atoms with E-state index in [9.17, 15) is 4.39 Å². The molecule has 2 aromatic carbocycles. The van der Waals surface area contributed by atoms with E-state index in [4.69, 9.17) is 16.3 Å². The standard InChI is InChI=1S/C13H11ClFNO/c1-17-11-5-2-9(3-6-11)16-10-4-7-13(15)12(14)8-10/h2-8,16H,1H3. The zero-order valence-electron chi connectivity index (χ0n) is 9.21. The van der Waals surface area contributed by atoms with E-state index in [1.54, 1.807) is 19.2 Å². The largest absolute Gasteiger partial charge is 0.497 e. The predicted molar refractivity (Wildman–Crippen MR) is 67.7 cm³/mol. The molecule has 0 saturated heterocycles. The van der Waals surface area contributed by atoms with Crippen molar-refractivity contribution in [2.24, 2.45) is 0 Å². The number of hydrogen-bond acceptors (Lipinski definition) is 2. The Bertz CT molecular complexity index is 513. The van der Waals surface area contributed by atoms with E-state index >= 15 is 0 Å². The Hall–Kier alpha value is -1.74. The van der Waals surface area contributed by atoms with Gasteiger partial charge in [-0.1, -0.05) is 11.6 Å². The molecule has 0 aliphatic carbocycles. The van der Waals surface area contributed by atoms with Crippen LogP contribution in [-0.2, 0) is 0 Å². The molecular weight excluding hydrogens is 241 g/mol. The maximum Gasteiger partial charge on any atom is 0.141 e. The van der Waals surface area contributed by atoms with E-state index in [1.807, 2.05) is 24.3 Å². The highest BCUT2D eigenvalue weighted by molar-refractivity contribution is 6.31. The van der Waals surface area contributed by atoms with Crippen molar-refractivity contribution in [1.29, 1.82) is 0 Å². The Balaban J connectivity index is 2.16. The minimum Gasteiger partial charge on any atom is -0.497 e. The van der Waals surface area contributed by atoms with Crippen molar-refractivity contribution in [2.45, 2.75) is 0 Å². The average Bonchev–Trinajstić information content (AvgIpc) is 2.35. The number of anilines is 2. The molecule has 0 spiro atoms. The Morgan fingerprint density at radius 1 is 1.06 bits per heavy atom. The number of halogens is 2. The fourth-order valence-electron chi connectivity index (χ4n) is 1.41. The molecule has 4 heteroatoms. The molecule has 0 fully saturated rings. The minimum atomic E-state index is -0.424. The SMILES string of the molecule is COc1ccc(Nc2ccc(F)c(Cl)c2)cc1. The first-order chi connectivity index (χ1) is 8.19. The van der Waals surface area contributed by atoms with Crippen LogP contribution in [0.2, 0.25) is 5.02 Å². The summed E-state index contributed by atoms with van der Waals surface area (Å²) in [5.74, 6) is 0.361. The molecule has 17 heavy (non-hydrogen) atoms. The average molecular weight is 252 g/mol. The molecule has 0 aliphatic rings. The smallest absolute Gasteiger partial charge is 0.141 e. The third-order valence-electron chi connectivity index (χ3n) is 2.30. The van der Waals surface area contributed by atoms with Crippen LogP contribution in [0, 0.1) is 5.82 Å². The van der Waals surface area contributed by atoms with Gasteiger partial charge in [-0.3, -0.25) is 0 Å². The normalized spacial score (nSPS) is 10.1. The van der Waals surface area contributed by atoms with E-state index in [-0.39, 0.29) is 5.02 Å². The van der Waals surface area contributed by atoms with E-state index in [2.05, 4.69) is 5.32 Å². The van der Waals surface area contributed by atoms with Crippen LogP contribution in [0.1, 0.15) is 0 Å². The molecule has 0 aromatic heterocycles. The van der Waals surface area contributed by atoms with Gasteiger partial charge >= 0.3 is 0 Å². The van der Waals surface area contributed by atoms with Crippen LogP contribution in [0.3, 0.4) is 0 Å². The van der Waals surface area contributed by atoms with Gasteiger partial charge in [-0.15, -0.1) is 0 Å². The van der Waals surface area contributed by atoms with Gasteiger partial charge in [0.05, 0.1) is 12.1 Å². The van der Waals surface area contributed by atoms with Gasteiger partial charge in [-0.05, 0) is 42.5 Å². The van der Waals surface area contributed by atoms with E-state index in [0.29, 0.717) is 0 Å². The first-order valence-corrected chi connectivity index (χ1v) is 5.43. The maximum atomic E-state index is 13.0. The van der Waals surface area contributed by atoms with Gasteiger partial charge < -0.3 is 10.1 Å². The quantitative estimate of drug-likeness (QED) is 0.881. The van der Waals surface area contributed by atoms with Gasteiger partial charge in [-0.25, -0.2) is 4.39 Å². The number of rotatable bonds is 3. The van der Waals surface area contributed by atoms with E-state index in [0.717, 1.165) is 17.1 Å². The number of hydrogen-bond donors (Lipinski definition) is 1. The molecule has 1 N–H and O–H groups in total. The molecule has 2 aromatic rings. The Kier molecular flexibility index (Phi) is 3.49. The summed E-state index contributed by atoms with van der Waals surface area (Å²) in [5.41, 5.74) is 1.62. The minimum absolute atomic E-state index is 0.100. The molecule has 0 aliphatic heterocycles. The number of methoxy groups -OCH3 is 1. The van der Waals surface area contributed by atoms with E-state index < -0.39 is 5.82 Å². The molecule has 0 amide bonds. The molecule has 0 heterocycles. The molecule has 0 unspecified atom stereocenters. The molecule has 0 radical (unpaired) electrons. The molecule has 2 nitrogen and oxygen atoms in total. The van der Waals surface area contributed by atoms with Crippen LogP contribution in [-0.4, -0.2) is 7.11 Å². The molecular formula is C13H11ClFNO. The zero-order valence-corrected chi connectivity index (χ0v) is 9.96. The lowest BCUT2D eigenvalue weighted by atomic mass is 10.2. The molecule has 0 saturated carbocycles. The number of nitrogens with one attached hydrogen (secondary N) is 1. The highest BCUT2D eigenvalue weighted by Crippen LogP contribution is 2.23. The lowest BCUT2D eigenvalue weighted by molar-refractivity contribution is 0.415. The van der Waals surface area contributed by atoms with Crippen molar-refractivity contribution < 1.29 is 9.13 Å². The fourth-order valence-corrected chi connectivity index (χ4v) is 1.60. The van der Waals surface area contributed by atoms with Crippen molar-refractivity contribution in [2.75, 3.05) is 12.4 Å². The molecule has 0 atom stereocenters. The van der Waals surface area contributed by atoms with Gasteiger partial charge in [0.25, 0.3) is 0 Å². The number of benzene rings is 2. The van der Waals surface area contributed by atoms with Crippen LogP contribution < -0.4 is 10.1 Å². The van der Waals surface area contributed by atoms with Gasteiger partial charge in [-0.2, -0.15) is 0 Å². The third-order valence-corrected chi connectivity index (χ3v) is 2.59. The lowest BCUT2D eigenvalue weighted by Crippen LogP contribution is -1.91. The van der Waals surface area contributed by atoms with Crippen molar-refractivity contribution >= 4 is 23.0 Å². The van der Waals surface area contributed by atoms with Crippen LogP contribution in [0.25, 0.3) is 0 Å². The first kappa shape index (κ1) is 11.7. The summed E-state index contributed by atoms with van der Waals surface area (Å²) in [4.78, 5) is 0. The fraction of sp³-hybridized carbons (Fsp3) is 0.0769. The highest BCUT2D eigenvalue weighted by atomic mass is 35.5. The summed E-state index contributed by atoms with van der Waals surface area (Å²) in [6, 6.07) is 11.9. The maximum absolute atomic E-state index is 13.0. The topological polar surface area (TPSA) is 21.3 Å². The highest BCUT2D eigenvalue weighted by Gasteiger charge is 2.01. The summed E-state index contributed by atoms with van der Waals surface area (Å²) in [5, 5.41) is 3.22.